The van der Waals surface area contributed by atoms with E-state index in [1.54, 1.807) is 6.07 Å². The molecule has 2 heterocycles. The molecule has 2 N–H and O–H groups in total. The van der Waals surface area contributed by atoms with Gasteiger partial charge in [0.2, 0.25) is 5.76 Å². The van der Waals surface area contributed by atoms with Crippen molar-refractivity contribution >= 4 is 5.91 Å². The van der Waals surface area contributed by atoms with Gasteiger partial charge < -0.3 is 15.2 Å². The summed E-state index contributed by atoms with van der Waals surface area (Å²) in [6, 6.07) is 1.91. The van der Waals surface area contributed by atoms with Crippen molar-refractivity contribution in [3.05, 3.63) is 17.5 Å². The zero-order valence-electron chi connectivity index (χ0n) is 12.8. The SMILES string of the molecule is CCC(C)c1cc(C(=O)N2CCC(N)C(C)(C)C2)on1. The Kier molecular flexibility index (Phi) is 4.18. The van der Waals surface area contributed by atoms with Crippen molar-refractivity contribution in [1.29, 1.82) is 0 Å². The maximum Gasteiger partial charge on any atom is 0.292 e. The fourth-order valence-electron chi connectivity index (χ4n) is 2.53. The monoisotopic (exact) mass is 279 g/mol. The highest BCUT2D eigenvalue weighted by Gasteiger charge is 2.36. The molecular formula is C15H25N3O2. The van der Waals surface area contributed by atoms with Gasteiger partial charge in [-0.2, -0.15) is 0 Å². The predicted octanol–water partition coefficient (Wildman–Crippen LogP) is 2.39. The van der Waals surface area contributed by atoms with Crippen molar-refractivity contribution in [3.8, 4) is 0 Å². The summed E-state index contributed by atoms with van der Waals surface area (Å²) >= 11 is 0. The summed E-state index contributed by atoms with van der Waals surface area (Å²) in [6.45, 7) is 9.71. The van der Waals surface area contributed by atoms with E-state index in [1.807, 2.05) is 4.90 Å². The molecule has 2 unspecified atom stereocenters. The second kappa shape index (κ2) is 5.56. The fourth-order valence-corrected chi connectivity index (χ4v) is 2.53. The molecule has 5 heteroatoms. The Hall–Kier alpha value is -1.36. The van der Waals surface area contributed by atoms with E-state index < -0.39 is 0 Å². The predicted molar refractivity (Wildman–Crippen MR) is 77.5 cm³/mol. The number of likely N-dealkylation sites (tertiary alicyclic amines) is 1. The quantitative estimate of drug-likeness (QED) is 0.922. The molecule has 0 saturated carbocycles. The van der Waals surface area contributed by atoms with Crippen LogP contribution in [0, 0.1) is 5.41 Å². The number of nitrogens with zero attached hydrogens (tertiary/aromatic N) is 2. The first-order chi connectivity index (χ1) is 9.35. The highest BCUT2D eigenvalue weighted by atomic mass is 16.5. The first-order valence-electron chi connectivity index (χ1n) is 7.36. The number of rotatable bonds is 3. The van der Waals surface area contributed by atoms with E-state index in [-0.39, 0.29) is 17.4 Å². The summed E-state index contributed by atoms with van der Waals surface area (Å²) in [5, 5.41) is 4.01. The Balaban J connectivity index is 2.10. The molecule has 1 amide bonds. The van der Waals surface area contributed by atoms with Gasteiger partial charge in [-0.1, -0.05) is 32.9 Å². The zero-order chi connectivity index (χ0) is 14.9. The summed E-state index contributed by atoms with van der Waals surface area (Å²) in [7, 11) is 0. The highest BCUT2D eigenvalue weighted by Crippen LogP contribution is 2.29. The Bertz CT molecular complexity index is 481. The molecule has 0 bridgehead atoms. The van der Waals surface area contributed by atoms with Crippen molar-refractivity contribution in [2.24, 2.45) is 11.1 Å². The highest BCUT2D eigenvalue weighted by molar-refractivity contribution is 5.91. The minimum Gasteiger partial charge on any atom is -0.351 e. The molecule has 5 nitrogen and oxygen atoms in total. The molecule has 1 aromatic heterocycles. The average molecular weight is 279 g/mol. The van der Waals surface area contributed by atoms with Crippen molar-refractivity contribution in [2.45, 2.75) is 52.5 Å². The van der Waals surface area contributed by atoms with E-state index in [9.17, 15) is 4.79 Å². The first kappa shape index (κ1) is 15.0. The number of carbonyl (C=O) groups excluding carboxylic acids is 1. The molecule has 1 aliphatic rings. The van der Waals surface area contributed by atoms with Crippen LogP contribution in [0.4, 0.5) is 0 Å². The molecule has 2 atom stereocenters. The van der Waals surface area contributed by atoms with Gasteiger partial charge in [-0.05, 0) is 18.3 Å². The third-order valence-electron chi connectivity index (χ3n) is 4.46. The molecule has 1 fully saturated rings. The summed E-state index contributed by atoms with van der Waals surface area (Å²) in [6.07, 6.45) is 1.80. The van der Waals surface area contributed by atoms with Gasteiger partial charge in [0.05, 0.1) is 5.69 Å². The van der Waals surface area contributed by atoms with E-state index in [0.717, 1.165) is 18.5 Å². The Labute approximate surface area is 120 Å². The minimum absolute atomic E-state index is 0.0620. The minimum atomic E-state index is -0.0768. The van der Waals surface area contributed by atoms with Crippen LogP contribution in [0.1, 0.15) is 62.7 Å². The molecule has 0 aliphatic carbocycles. The summed E-state index contributed by atoms with van der Waals surface area (Å²) in [4.78, 5) is 14.3. The molecular weight excluding hydrogens is 254 g/mol. The number of carbonyl (C=O) groups is 1. The van der Waals surface area contributed by atoms with E-state index in [4.69, 9.17) is 10.3 Å². The van der Waals surface area contributed by atoms with Crippen LogP contribution in [-0.2, 0) is 0 Å². The third kappa shape index (κ3) is 2.87. The Morgan fingerprint density at radius 2 is 2.35 bits per heavy atom. The van der Waals surface area contributed by atoms with Crippen molar-refractivity contribution in [2.75, 3.05) is 13.1 Å². The molecule has 1 saturated heterocycles. The van der Waals surface area contributed by atoms with Crippen LogP contribution in [0.25, 0.3) is 0 Å². The van der Waals surface area contributed by atoms with E-state index in [0.29, 0.717) is 24.8 Å². The van der Waals surface area contributed by atoms with Crippen LogP contribution in [0.3, 0.4) is 0 Å². The van der Waals surface area contributed by atoms with Gasteiger partial charge in [0, 0.05) is 31.1 Å². The normalized spacial score (nSPS) is 23.6. The van der Waals surface area contributed by atoms with Crippen LogP contribution in [0.2, 0.25) is 0 Å². The lowest BCUT2D eigenvalue weighted by Crippen LogP contribution is -2.53. The van der Waals surface area contributed by atoms with Crippen molar-refractivity contribution < 1.29 is 9.32 Å². The van der Waals surface area contributed by atoms with Gasteiger partial charge in [0.25, 0.3) is 5.91 Å². The topological polar surface area (TPSA) is 72.4 Å². The standard InChI is InChI=1S/C15H25N3O2/c1-5-10(2)11-8-12(20-17-11)14(19)18-7-6-13(16)15(3,4)9-18/h8,10,13H,5-7,9,16H2,1-4H3. The van der Waals surface area contributed by atoms with Crippen LogP contribution >= 0.6 is 0 Å². The zero-order valence-corrected chi connectivity index (χ0v) is 12.8. The second-order valence-electron chi connectivity index (χ2n) is 6.54. The van der Waals surface area contributed by atoms with Crippen LogP contribution in [0.5, 0.6) is 0 Å². The number of hydrogen-bond acceptors (Lipinski definition) is 4. The molecule has 20 heavy (non-hydrogen) atoms. The molecule has 0 radical (unpaired) electrons. The van der Waals surface area contributed by atoms with E-state index in [2.05, 4.69) is 32.9 Å². The van der Waals surface area contributed by atoms with Gasteiger partial charge in [-0.15, -0.1) is 0 Å². The second-order valence-corrected chi connectivity index (χ2v) is 6.54. The number of amides is 1. The molecule has 1 aromatic rings. The first-order valence-corrected chi connectivity index (χ1v) is 7.36. The lowest BCUT2D eigenvalue weighted by molar-refractivity contribution is 0.0495. The molecule has 2 rings (SSSR count). The van der Waals surface area contributed by atoms with Gasteiger partial charge in [-0.3, -0.25) is 4.79 Å². The van der Waals surface area contributed by atoms with E-state index >= 15 is 0 Å². The number of aromatic nitrogens is 1. The maximum absolute atomic E-state index is 12.5. The Morgan fingerprint density at radius 3 is 2.95 bits per heavy atom. The van der Waals surface area contributed by atoms with E-state index in [1.165, 1.54) is 0 Å². The van der Waals surface area contributed by atoms with Gasteiger partial charge >= 0.3 is 0 Å². The van der Waals surface area contributed by atoms with Crippen molar-refractivity contribution in [1.82, 2.24) is 10.1 Å². The molecule has 0 spiro atoms. The molecule has 112 valence electrons. The van der Waals surface area contributed by atoms with Gasteiger partial charge in [0.1, 0.15) is 0 Å². The van der Waals surface area contributed by atoms with Gasteiger partial charge in [-0.25, -0.2) is 0 Å². The Morgan fingerprint density at radius 1 is 1.65 bits per heavy atom. The lowest BCUT2D eigenvalue weighted by Gasteiger charge is -2.42. The molecule has 0 aromatic carbocycles. The molecule has 1 aliphatic heterocycles. The smallest absolute Gasteiger partial charge is 0.292 e. The number of nitrogens with two attached hydrogens (primary N) is 1. The lowest BCUT2D eigenvalue weighted by atomic mass is 9.79. The number of piperidine rings is 1. The maximum atomic E-state index is 12.5. The number of hydrogen-bond donors (Lipinski definition) is 1. The van der Waals surface area contributed by atoms with Gasteiger partial charge in [0.15, 0.2) is 0 Å². The largest absolute Gasteiger partial charge is 0.351 e. The van der Waals surface area contributed by atoms with Crippen LogP contribution in [0.15, 0.2) is 10.6 Å². The summed E-state index contributed by atoms with van der Waals surface area (Å²) in [5.41, 5.74) is 6.89. The summed E-state index contributed by atoms with van der Waals surface area (Å²) in [5.74, 6) is 0.574. The third-order valence-corrected chi connectivity index (χ3v) is 4.46. The van der Waals surface area contributed by atoms with Crippen molar-refractivity contribution in [3.63, 3.8) is 0 Å². The summed E-state index contributed by atoms with van der Waals surface area (Å²) < 4.78 is 5.23. The fraction of sp³-hybridized carbons (Fsp3) is 0.733. The van der Waals surface area contributed by atoms with Crippen LogP contribution in [-0.4, -0.2) is 35.1 Å². The average Bonchev–Trinajstić information content (AvgIpc) is 2.89. The van der Waals surface area contributed by atoms with Crippen LogP contribution < -0.4 is 5.73 Å².